The van der Waals surface area contributed by atoms with E-state index in [0.29, 0.717) is 24.0 Å². The fourth-order valence-electron chi connectivity index (χ4n) is 2.03. The minimum absolute atomic E-state index is 0.107. The van der Waals surface area contributed by atoms with E-state index in [1.807, 2.05) is 6.92 Å². The quantitative estimate of drug-likeness (QED) is 0.689. The predicted molar refractivity (Wildman–Crippen MR) is 75.4 cm³/mol. The maximum Gasteiger partial charge on any atom is 0.226 e. The highest BCUT2D eigenvalue weighted by molar-refractivity contribution is 6.31. The number of hydrogen-bond donors (Lipinski definition) is 0. The van der Waals surface area contributed by atoms with Gasteiger partial charge in [-0.15, -0.1) is 0 Å². The third-order valence-electron chi connectivity index (χ3n) is 3.12. The van der Waals surface area contributed by atoms with Gasteiger partial charge in [-0.2, -0.15) is 4.98 Å². The lowest BCUT2D eigenvalue weighted by Gasteiger charge is -2.07. The van der Waals surface area contributed by atoms with Crippen molar-refractivity contribution < 1.29 is 13.3 Å². The number of aryl methyl sites for hydroxylation is 1. The third-order valence-corrected chi connectivity index (χ3v) is 3.46. The summed E-state index contributed by atoms with van der Waals surface area (Å²) in [6, 6.07) is 2.40. The van der Waals surface area contributed by atoms with E-state index >= 15 is 0 Å². The molecule has 114 valence electrons. The fraction of sp³-hybridized carbons (Fsp3) is 0.214. The van der Waals surface area contributed by atoms with Gasteiger partial charge in [-0.05, 0) is 12.1 Å². The second kappa shape index (κ2) is 5.84. The molecule has 0 bridgehead atoms. The number of nitrogens with zero attached hydrogens (tertiary/aromatic N) is 4. The zero-order valence-corrected chi connectivity index (χ0v) is 12.3. The Morgan fingerprint density at radius 1 is 1.32 bits per heavy atom. The first-order valence-corrected chi connectivity index (χ1v) is 6.94. The molecule has 0 atom stereocenters. The molecule has 0 saturated heterocycles. The van der Waals surface area contributed by atoms with Crippen molar-refractivity contribution in [3.63, 3.8) is 0 Å². The average molecular weight is 325 g/mol. The Bertz CT molecular complexity index is 815. The average Bonchev–Trinajstić information content (AvgIpc) is 3.15. The van der Waals surface area contributed by atoms with Crippen molar-refractivity contribution in [3.8, 4) is 11.4 Å². The Kier molecular flexibility index (Phi) is 3.89. The summed E-state index contributed by atoms with van der Waals surface area (Å²) in [4.78, 5) is 8.28. The maximum atomic E-state index is 14.1. The highest BCUT2D eigenvalue weighted by Crippen LogP contribution is 2.28. The van der Waals surface area contributed by atoms with Crippen LogP contribution in [-0.2, 0) is 13.0 Å². The van der Waals surface area contributed by atoms with Gasteiger partial charge in [0.25, 0.3) is 0 Å². The Labute approximate surface area is 129 Å². The molecule has 0 spiro atoms. The first-order valence-electron chi connectivity index (χ1n) is 6.56. The summed E-state index contributed by atoms with van der Waals surface area (Å²) in [6.45, 7) is 2.16. The summed E-state index contributed by atoms with van der Waals surface area (Å²) >= 11 is 5.61. The second-order valence-electron chi connectivity index (χ2n) is 4.56. The van der Waals surface area contributed by atoms with Gasteiger partial charge in [-0.3, -0.25) is 0 Å². The lowest BCUT2D eigenvalue weighted by Crippen LogP contribution is -2.04. The van der Waals surface area contributed by atoms with Crippen molar-refractivity contribution in [3.05, 3.63) is 52.9 Å². The van der Waals surface area contributed by atoms with Gasteiger partial charge in [0, 0.05) is 18.8 Å². The van der Waals surface area contributed by atoms with Gasteiger partial charge in [-0.25, -0.2) is 13.8 Å². The molecular formula is C14H11ClF2N4O. The van der Waals surface area contributed by atoms with Gasteiger partial charge in [0.15, 0.2) is 11.6 Å². The van der Waals surface area contributed by atoms with E-state index in [9.17, 15) is 8.78 Å². The van der Waals surface area contributed by atoms with Crippen LogP contribution in [0.1, 0.15) is 18.6 Å². The molecule has 22 heavy (non-hydrogen) atoms. The van der Waals surface area contributed by atoms with Crippen LogP contribution in [0.3, 0.4) is 0 Å². The molecular weight excluding hydrogens is 314 g/mol. The minimum Gasteiger partial charge on any atom is -0.339 e. The third kappa shape index (κ3) is 2.59. The van der Waals surface area contributed by atoms with Crippen molar-refractivity contribution >= 4 is 11.6 Å². The largest absolute Gasteiger partial charge is 0.339 e. The molecule has 0 unspecified atom stereocenters. The van der Waals surface area contributed by atoms with Gasteiger partial charge in [0.05, 0.1) is 12.1 Å². The standard InChI is InChI=1S/C14H11ClF2N4O/c1-2-11-19-10(20-22-11)7-21-6-5-18-14(21)8-3-4-9(16)12(15)13(8)17/h3-6H,2,7H2,1H3. The van der Waals surface area contributed by atoms with Gasteiger partial charge in [-0.1, -0.05) is 23.7 Å². The molecule has 0 aliphatic carbocycles. The van der Waals surface area contributed by atoms with E-state index in [1.54, 1.807) is 10.8 Å². The van der Waals surface area contributed by atoms with Gasteiger partial charge < -0.3 is 9.09 Å². The monoisotopic (exact) mass is 324 g/mol. The molecule has 0 N–H and O–H groups in total. The van der Waals surface area contributed by atoms with Gasteiger partial charge in [0.2, 0.25) is 5.89 Å². The van der Waals surface area contributed by atoms with Crippen molar-refractivity contribution in [2.45, 2.75) is 19.9 Å². The number of hydrogen-bond acceptors (Lipinski definition) is 4. The summed E-state index contributed by atoms with van der Waals surface area (Å²) in [6.07, 6.45) is 3.78. The fourth-order valence-corrected chi connectivity index (χ4v) is 2.19. The lowest BCUT2D eigenvalue weighted by atomic mass is 10.2. The Morgan fingerprint density at radius 2 is 2.14 bits per heavy atom. The van der Waals surface area contributed by atoms with Crippen LogP contribution < -0.4 is 0 Å². The first-order chi connectivity index (χ1) is 10.6. The Hall–Kier alpha value is -2.28. The van der Waals surface area contributed by atoms with Crippen LogP contribution in [-0.4, -0.2) is 19.7 Å². The normalized spacial score (nSPS) is 11.1. The number of benzene rings is 1. The molecule has 0 aliphatic rings. The summed E-state index contributed by atoms with van der Waals surface area (Å²) in [5, 5.41) is 3.28. The molecule has 0 radical (unpaired) electrons. The number of imidazole rings is 1. The van der Waals surface area contributed by atoms with E-state index < -0.39 is 16.7 Å². The van der Waals surface area contributed by atoms with Crippen LogP contribution >= 0.6 is 11.6 Å². The van der Waals surface area contributed by atoms with E-state index in [2.05, 4.69) is 15.1 Å². The molecule has 0 fully saturated rings. The summed E-state index contributed by atoms with van der Waals surface area (Å²) in [5.41, 5.74) is 0.107. The zero-order chi connectivity index (χ0) is 15.7. The van der Waals surface area contributed by atoms with Crippen molar-refractivity contribution in [2.75, 3.05) is 0 Å². The van der Waals surface area contributed by atoms with Crippen molar-refractivity contribution in [1.82, 2.24) is 19.7 Å². The first kappa shape index (κ1) is 14.6. The van der Waals surface area contributed by atoms with E-state index in [4.69, 9.17) is 16.1 Å². The number of aromatic nitrogens is 4. The van der Waals surface area contributed by atoms with Crippen LogP contribution in [0.25, 0.3) is 11.4 Å². The molecule has 3 aromatic rings. The van der Waals surface area contributed by atoms with Crippen LogP contribution in [0, 0.1) is 11.6 Å². The summed E-state index contributed by atoms with van der Waals surface area (Å²) in [7, 11) is 0. The Morgan fingerprint density at radius 3 is 2.86 bits per heavy atom. The van der Waals surface area contributed by atoms with Crippen molar-refractivity contribution in [1.29, 1.82) is 0 Å². The minimum atomic E-state index is -0.850. The van der Waals surface area contributed by atoms with E-state index in [1.165, 1.54) is 12.3 Å². The smallest absolute Gasteiger partial charge is 0.226 e. The van der Waals surface area contributed by atoms with E-state index in [-0.39, 0.29) is 12.1 Å². The molecule has 2 aromatic heterocycles. The number of rotatable bonds is 4. The molecule has 2 heterocycles. The summed E-state index contributed by atoms with van der Waals surface area (Å²) in [5.74, 6) is -0.386. The van der Waals surface area contributed by atoms with Crippen LogP contribution in [0.4, 0.5) is 8.78 Å². The molecule has 3 rings (SSSR count). The molecule has 8 heteroatoms. The molecule has 0 amide bonds. The highest BCUT2D eigenvalue weighted by Gasteiger charge is 2.17. The predicted octanol–water partition coefficient (Wildman–Crippen LogP) is 3.48. The molecule has 0 saturated carbocycles. The Balaban J connectivity index is 1.97. The van der Waals surface area contributed by atoms with Gasteiger partial charge in [0.1, 0.15) is 16.7 Å². The maximum absolute atomic E-state index is 14.1. The van der Waals surface area contributed by atoms with E-state index in [0.717, 1.165) is 6.07 Å². The van der Waals surface area contributed by atoms with Crippen molar-refractivity contribution in [2.24, 2.45) is 0 Å². The molecule has 5 nitrogen and oxygen atoms in total. The van der Waals surface area contributed by atoms with Crippen LogP contribution in [0.15, 0.2) is 29.0 Å². The van der Waals surface area contributed by atoms with Crippen LogP contribution in [0.2, 0.25) is 5.02 Å². The molecule has 1 aromatic carbocycles. The SMILES string of the molecule is CCc1nc(Cn2ccnc2-c2ccc(F)c(Cl)c2F)no1. The van der Waals surface area contributed by atoms with Crippen LogP contribution in [0.5, 0.6) is 0 Å². The zero-order valence-electron chi connectivity index (χ0n) is 11.6. The highest BCUT2D eigenvalue weighted by atomic mass is 35.5. The molecule has 0 aliphatic heterocycles. The lowest BCUT2D eigenvalue weighted by molar-refractivity contribution is 0.375. The van der Waals surface area contributed by atoms with Gasteiger partial charge >= 0.3 is 0 Å². The topological polar surface area (TPSA) is 56.7 Å². The summed E-state index contributed by atoms with van der Waals surface area (Å²) < 4.78 is 34.0. The second-order valence-corrected chi connectivity index (χ2v) is 4.94. The number of halogens is 3.